The van der Waals surface area contributed by atoms with Gasteiger partial charge in [-0.3, -0.25) is 4.98 Å². The van der Waals surface area contributed by atoms with Crippen molar-refractivity contribution in [2.75, 3.05) is 7.05 Å². The van der Waals surface area contributed by atoms with Gasteiger partial charge < -0.3 is 5.32 Å². The molecule has 2 atom stereocenters. The fraction of sp³-hybridized carbons (Fsp3) is 0.615. The minimum atomic E-state index is 0.576. The summed E-state index contributed by atoms with van der Waals surface area (Å²) in [4.78, 5) is 4.39. The molecule has 1 aromatic rings. The molecule has 1 fully saturated rings. The summed E-state index contributed by atoms with van der Waals surface area (Å²) < 4.78 is 0. The smallest absolute Gasteiger partial charge is 0.0419 e. The maximum atomic E-state index is 4.39. The SMILES string of the molecule is CNC(Cc1ccccn1)C(C)C1CC1. The van der Waals surface area contributed by atoms with E-state index in [-0.39, 0.29) is 0 Å². The Bertz CT molecular complexity index is 293. The number of hydrogen-bond donors (Lipinski definition) is 1. The molecule has 0 aliphatic heterocycles. The van der Waals surface area contributed by atoms with E-state index in [0.717, 1.165) is 18.3 Å². The molecule has 2 nitrogen and oxygen atoms in total. The highest BCUT2D eigenvalue weighted by Gasteiger charge is 2.32. The second-order valence-corrected chi connectivity index (χ2v) is 4.62. The van der Waals surface area contributed by atoms with Gasteiger partial charge in [0.15, 0.2) is 0 Å². The normalized spacial score (nSPS) is 19.9. The monoisotopic (exact) mass is 204 g/mol. The maximum Gasteiger partial charge on any atom is 0.0419 e. The second kappa shape index (κ2) is 4.75. The molecular weight excluding hydrogens is 184 g/mol. The summed E-state index contributed by atoms with van der Waals surface area (Å²) in [6, 6.07) is 6.73. The minimum absolute atomic E-state index is 0.576. The van der Waals surface area contributed by atoms with Crippen molar-refractivity contribution in [1.82, 2.24) is 10.3 Å². The van der Waals surface area contributed by atoms with Gasteiger partial charge in [-0.1, -0.05) is 13.0 Å². The number of hydrogen-bond acceptors (Lipinski definition) is 2. The van der Waals surface area contributed by atoms with Crippen molar-refractivity contribution in [1.29, 1.82) is 0 Å². The van der Waals surface area contributed by atoms with Gasteiger partial charge in [0.05, 0.1) is 0 Å². The second-order valence-electron chi connectivity index (χ2n) is 4.62. The highest BCUT2D eigenvalue weighted by molar-refractivity contribution is 5.06. The molecule has 1 saturated carbocycles. The van der Waals surface area contributed by atoms with Gasteiger partial charge in [-0.2, -0.15) is 0 Å². The molecule has 0 amide bonds. The van der Waals surface area contributed by atoms with Gasteiger partial charge in [0.2, 0.25) is 0 Å². The van der Waals surface area contributed by atoms with E-state index in [2.05, 4.69) is 36.4 Å². The highest BCUT2D eigenvalue weighted by atomic mass is 14.9. The molecule has 1 aromatic heterocycles. The van der Waals surface area contributed by atoms with Crippen LogP contribution in [0.3, 0.4) is 0 Å². The van der Waals surface area contributed by atoms with Crippen LogP contribution in [0.1, 0.15) is 25.5 Å². The minimum Gasteiger partial charge on any atom is -0.316 e. The molecule has 0 saturated heterocycles. The van der Waals surface area contributed by atoms with Crippen LogP contribution in [0.4, 0.5) is 0 Å². The average molecular weight is 204 g/mol. The van der Waals surface area contributed by atoms with Crippen LogP contribution in [0, 0.1) is 11.8 Å². The lowest BCUT2D eigenvalue weighted by atomic mass is 9.93. The summed E-state index contributed by atoms with van der Waals surface area (Å²) in [6.07, 6.45) is 5.77. The number of rotatable bonds is 5. The zero-order valence-corrected chi connectivity index (χ0v) is 9.61. The number of nitrogens with zero attached hydrogens (tertiary/aromatic N) is 1. The van der Waals surface area contributed by atoms with Crippen molar-refractivity contribution in [3.05, 3.63) is 30.1 Å². The predicted molar refractivity (Wildman–Crippen MR) is 62.7 cm³/mol. The number of pyridine rings is 1. The molecule has 1 aliphatic carbocycles. The zero-order chi connectivity index (χ0) is 10.7. The number of likely N-dealkylation sites (N-methyl/N-ethyl adjacent to an activating group) is 1. The van der Waals surface area contributed by atoms with E-state index in [4.69, 9.17) is 0 Å². The molecule has 2 rings (SSSR count). The molecule has 2 unspecified atom stereocenters. The molecule has 0 radical (unpaired) electrons. The predicted octanol–water partition coefficient (Wildman–Crippen LogP) is 2.26. The van der Waals surface area contributed by atoms with Crippen LogP contribution in [0.5, 0.6) is 0 Å². The van der Waals surface area contributed by atoms with Crippen LogP contribution >= 0.6 is 0 Å². The van der Waals surface area contributed by atoms with Gasteiger partial charge in [0, 0.05) is 24.4 Å². The van der Waals surface area contributed by atoms with Gasteiger partial charge in [0.25, 0.3) is 0 Å². The highest BCUT2D eigenvalue weighted by Crippen LogP contribution is 2.38. The van der Waals surface area contributed by atoms with Gasteiger partial charge in [-0.05, 0) is 43.9 Å². The summed E-state index contributed by atoms with van der Waals surface area (Å²) in [7, 11) is 2.06. The van der Waals surface area contributed by atoms with Crippen LogP contribution in [0.25, 0.3) is 0 Å². The Hall–Kier alpha value is -0.890. The number of aromatic nitrogens is 1. The van der Waals surface area contributed by atoms with Crippen LogP contribution in [-0.2, 0) is 6.42 Å². The number of nitrogens with one attached hydrogen (secondary N) is 1. The molecule has 0 spiro atoms. The zero-order valence-electron chi connectivity index (χ0n) is 9.61. The summed E-state index contributed by atoms with van der Waals surface area (Å²) in [5.41, 5.74) is 1.20. The summed E-state index contributed by atoms with van der Waals surface area (Å²) >= 11 is 0. The standard InChI is InChI=1S/C13H20N2/c1-10(11-6-7-11)13(14-2)9-12-5-3-4-8-15-12/h3-5,8,10-11,13-14H,6-7,9H2,1-2H3. The van der Waals surface area contributed by atoms with Crippen LogP contribution in [0.15, 0.2) is 24.4 Å². The van der Waals surface area contributed by atoms with Crippen molar-refractivity contribution in [2.45, 2.75) is 32.2 Å². The van der Waals surface area contributed by atoms with E-state index in [1.54, 1.807) is 0 Å². The summed E-state index contributed by atoms with van der Waals surface area (Å²) in [6.45, 7) is 2.36. The van der Waals surface area contributed by atoms with Gasteiger partial charge >= 0.3 is 0 Å². The molecule has 2 heteroatoms. The van der Waals surface area contributed by atoms with Gasteiger partial charge in [-0.25, -0.2) is 0 Å². The molecule has 82 valence electrons. The average Bonchev–Trinajstić information content (AvgIpc) is 3.10. The van der Waals surface area contributed by atoms with E-state index in [0.29, 0.717) is 6.04 Å². The van der Waals surface area contributed by atoms with E-state index in [9.17, 15) is 0 Å². The van der Waals surface area contributed by atoms with Crippen LogP contribution in [-0.4, -0.2) is 18.1 Å². The fourth-order valence-corrected chi connectivity index (χ4v) is 2.25. The van der Waals surface area contributed by atoms with Gasteiger partial charge in [-0.15, -0.1) is 0 Å². The first-order chi connectivity index (χ1) is 7.31. The topological polar surface area (TPSA) is 24.9 Å². The van der Waals surface area contributed by atoms with Crippen molar-refractivity contribution < 1.29 is 0 Å². The molecule has 15 heavy (non-hydrogen) atoms. The van der Waals surface area contributed by atoms with Gasteiger partial charge in [0.1, 0.15) is 0 Å². The molecule has 1 heterocycles. The first kappa shape index (κ1) is 10.6. The fourth-order valence-electron chi connectivity index (χ4n) is 2.25. The Morgan fingerprint density at radius 2 is 2.27 bits per heavy atom. The van der Waals surface area contributed by atoms with Crippen LogP contribution in [0.2, 0.25) is 0 Å². The first-order valence-electron chi connectivity index (χ1n) is 5.88. The Balaban J connectivity index is 1.95. The van der Waals surface area contributed by atoms with E-state index < -0.39 is 0 Å². The third-order valence-corrected chi connectivity index (χ3v) is 3.53. The third-order valence-electron chi connectivity index (χ3n) is 3.53. The van der Waals surface area contributed by atoms with Crippen molar-refractivity contribution in [3.63, 3.8) is 0 Å². The Morgan fingerprint density at radius 3 is 2.80 bits per heavy atom. The first-order valence-corrected chi connectivity index (χ1v) is 5.88. The third kappa shape index (κ3) is 2.78. The van der Waals surface area contributed by atoms with Crippen molar-refractivity contribution in [3.8, 4) is 0 Å². The lowest BCUT2D eigenvalue weighted by Gasteiger charge is -2.23. The summed E-state index contributed by atoms with van der Waals surface area (Å²) in [5, 5.41) is 3.43. The quantitative estimate of drug-likeness (QED) is 0.795. The summed E-state index contributed by atoms with van der Waals surface area (Å²) in [5.74, 6) is 1.73. The van der Waals surface area contributed by atoms with Crippen LogP contribution < -0.4 is 5.32 Å². The Morgan fingerprint density at radius 1 is 1.47 bits per heavy atom. The molecule has 1 N–H and O–H groups in total. The van der Waals surface area contributed by atoms with E-state index >= 15 is 0 Å². The maximum absolute atomic E-state index is 4.39. The molecule has 0 aromatic carbocycles. The lowest BCUT2D eigenvalue weighted by molar-refractivity contribution is 0.355. The molecular formula is C13H20N2. The Kier molecular flexibility index (Phi) is 3.37. The Labute approximate surface area is 92.1 Å². The molecule has 0 bridgehead atoms. The van der Waals surface area contributed by atoms with Crippen molar-refractivity contribution >= 4 is 0 Å². The van der Waals surface area contributed by atoms with Crippen molar-refractivity contribution in [2.24, 2.45) is 11.8 Å². The molecule has 1 aliphatic rings. The largest absolute Gasteiger partial charge is 0.316 e. The lowest BCUT2D eigenvalue weighted by Crippen LogP contribution is -2.35. The van der Waals surface area contributed by atoms with E-state index in [1.165, 1.54) is 18.5 Å². The van der Waals surface area contributed by atoms with E-state index in [1.807, 2.05) is 12.3 Å².